The van der Waals surface area contributed by atoms with Crippen molar-refractivity contribution >= 4 is 23.2 Å². The van der Waals surface area contributed by atoms with Gasteiger partial charge in [0.25, 0.3) is 0 Å². The number of rotatable bonds is 6. The number of aliphatic imine (C=N–C) groups is 1. The maximum atomic E-state index is 12.7. The smallest absolute Gasteiger partial charge is 0.230 e. The molecule has 1 saturated carbocycles. The summed E-state index contributed by atoms with van der Waals surface area (Å²) in [4.78, 5) is 21.4. The summed E-state index contributed by atoms with van der Waals surface area (Å²) in [5.41, 5.74) is 0.973. The molecular formula is C18H30N4OS. The molecule has 0 aliphatic heterocycles. The van der Waals surface area contributed by atoms with Crippen molar-refractivity contribution in [3.05, 3.63) is 22.4 Å². The molecule has 0 bridgehead atoms. The van der Waals surface area contributed by atoms with Crippen LogP contribution in [-0.2, 0) is 11.3 Å². The van der Waals surface area contributed by atoms with Crippen LogP contribution in [0.25, 0.3) is 0 Å². The molecule has 1 amide bonds. The van der Waals surface area contributed by atoms with Crippen molar-refractivity contribution in [1.82, 2.24) is 15.1 Å². The van der Waals surface area contributed by atoms with E-state index in [1.54, 1.807) is 16.2 Å². The van der Waals surface area contributed by atoms with E-state index >= 15 is 0 Å². The van der Waals surface area contributed by atoms with Crippen LogP contribution in [0.15, 0.2) is 21.8 Å². The summed E-state index contributed by atoms with van der Waals surface area (Å²) in [6, 6.07) is 2.14. The molecule has 0 atom stereocenters. The fourth-order valence-corrected chi connectivity index (χ4v) is 4.05. The first-order valence-corrected chi connectivity index (χ1v) is 9.65. The van der Waals surface area contributed by atoms with E-state index < -0.39 is 0 Å². The lowest BCUT2D eigenvalue weighted by atomic mass is 9.85. The summed E-state index contributed by atoms with van der Waals surface area (Å²) >= 11 is 1.71. The lowest BCUT2D eigenvalue weighted by molar-refractivity contribution is -0.138. The topological polar surface area (TPSA) is 47.9 Å². The molecule has 24 heavy (non-hydrogen) atoms. The van der Waals surface area contributed by atoms with Crippen LogP contribution >= 0.6 is 11.3 Å². The molecule has 0 aromatic carbocycles. The summed E-state index contributed by atoms with van der Waals surface area (Å²) in [5.74, 6) is 1.10. The highest BCUT2D eigenvalue weighted by Gasteiger charge is 2.42. The lowest BCUT2D eigenvalue weighted by Gasteiger charge is -2.30. The Bertz CT molecular complexity index is 547. The van der Waals surface area contributed by atoms with Crippen LogP contribution in [0.3, 0.4) is 0 Å². The Morgan fingerprint density at radius 3 is 2.58 bits per heavy atom. The Morgan fingerprint density at radius 1 is 1.33 bits per heavy atom. The maximum Gasteiger partial charge on any atom is 0.230 e. The van der Waals surface area contributed by atoms with Crippen LogP contribution in [0.1, 0.15) is 38.2 Å². The van der Waals surface area contributed by atoms with Crippen molar-refractivity contribution in [3.8, 4) is 0 Å². The molecule has 1 N–H and O–H groups in total. The van der Waals surface area contributed by atoms with E-state index in [1.165, 1.54) is 5.56 Å². The van der Waals surface area contributed by atoms with Gasteiger partial charge in [0.2, 0.25) is 5.91 Å². The van der Waals surface area contributed by atoms with Crippen LogP contribution in [0, 0.1) is 5.41 Å². The summed E-state index contributed by atoms with van der Waals surface area (Å²) in [5, 5.41) is 7.61. The maximum absolute atomic E-state index is 12.7. The standard InChI is InChI=1S/C18H30N4OS/c1-5-19-17(22(4)12-15-8-11-24-13-15)20-14-18(9-6-7-10-18)16(23)21(2)3/h8,11,13H,5-7,9-10,12,14H2,1-4H3,(H,19,20). The molecule has 0 unspecified atom stereocenters. The monoisotopic (exact) mass is 350 g/mol. The van der Waals surface area contributed by atoms with Gasteiger partial charge in [0.05, 0.1) is 12.0 Å². The van der Waals surface area contributed by atoms with Gasteiger partial charge in [0.1, 0.15) is 0 Å². The third-order valence-electron chi connectivity index (χ3n) is 4.65. The summed E-state index contributed by atoms with van der Waals surface area (Å²) in [6.45, 7) is 4.29. The molecule has 1 aromatic rings. The number of guanidine groups is 1. The van der Waals surface area contributed by atoms with Crippen molar-refractivity contribution in [2.24, 2.45) is 10.4 Å². The molecular weight excluding hydrogens is 320 g/mol. The molecule has 2 rings (SSSR count). The SMILES string of the molecule is CCNC(=NCC1(C(=O)N(C)C)CCCC1)N(C)Cc1ccsc1. The minimum atomic E-state index is -0.312. The number of carbonyl (C=O) groups excluding carboxylic acids is 1. The van der Waals surface area contributed by atoms with Crippen LogP contribution < -0.4 is 5.32 Å². The van der Waals surface area contributed by atoms with E-state index in [1.807, 2.05) is 21.1 Å². The van der Waals surface area contributed by atoms with Gasteiger partial charge in [-0.15, -0.1) is 0 Å². The third-order valence-corrected chi connectivity index (χ3v) is 5.38. The Labute approximate surface area is 149 Å². The molecule has 1 aliphatic rings. The van der Waals surface area contributed by atoms with Crippen molar-refractivity contribution in [1.29, 1.82) is 0 Å². The zero-order chi connectivity index (χ0) is 17.6. The quantitative estimate of drug-likeness (QED) is 0.634. The van der Waals surface area contributed by atoms with Gasteiger partial charge in [0, 0.05) is 34.2 Å². The molecule has 134 valence electrons. The number of hydrogen-bond donors (Lipinski definition) is 1. The van der Waals surface area contributed by atoms with Gasteiger partial charge >= 0.3 is 0 Å². The normalized spacial score (nSPS) is 16.9. The second-order valence-electron chi connectivity index (χ2n) is 6.84. The zero-order valence-corrected chi connectivity index (χ0v) is 16.2. The molecule has 0 radical (unpaired) electrons. The predicted octanol–water partition coefficient (Wildman–Crippen LogP) is 2.79. The first kappa shape index (κ1) is 18.8. The van der Waals surface area contributed by atoms with E-state index in [2.05, 4.69) is 34.0 Å². The van der Waals surface area contributed by atoms with Gasteiger partial charge in [0.15, 0.2) is 5.96 Å². The zero-order valence-electron chi connectivity index (χ0n) is 15.3. The number of carbonyl (C=O) groups is 1. The minimum Gasteiger partial charge on any atom is -0.357 e. The third kappa shape index (κ3) is 4.50. The molecule has 0 spiro atoms. The van der Waals surface area contributed by atoms with E-state index in [-0.39, 0.29) is 11.3 Å². The van der Waals surface area contributed by atoms with Gasteiger partial charge in [-0.3, -0.25) is 9.79 Å². The number of amides is 1. The van der Waals surface area contributed by atoms with Gasteiger partial charge in [-0.2, -0.15) is 11.3 Å². The second kappa shape index (κ2) is 8.51. The first-order chi connectivity index (χ1) is 11.5. The van der Waals surface area contributed by atoms with Crippen molar-refractivity contribution in [2.75, 3.05) is 34.2 Å². The summed E-state index contributed by atoms with van der Waals surface area (Å²) in [6.07, 6.45) is 4.13. The van der Waals surface area contributed by atoms with Crippen molar-refractivity contribution in [3.63, 3.8) is 0 Å². The van der Waals surface area contributed by atoms with Crippen molar-refractivity contribution < 1.29 is 4.79 Å². The first-order valence-electron chi connectivity index (χ1n) is 8.71. The molecule has 5 nitrogen and oxygen atoms in total. The highest BCUT2D eigenvalue weighted by Crippen LogP contribution is 2.39. The van der Waals surface area contributed by atoms with Gasteiger partial charge in [-0.05, 0) is 42.2 Å². The Hall–Kier alpha value is -1.56. The predicted molar refractivity (Wildman–Crippen MR) is 101 cm³/mol. The van der Waals surface area contributed by atoms with Crippen molar-refractivity contribution in [2.45, 2.75) is 39.2 Å². The molecule has 0 saturated heterocycles. The number of nitrogens with one attached hydrogen (secondary N) is 1. The van der Waals surface area contributed by atoms with Crippen LogP contribution in [0.4, 0.5) is 0 Å². The van der Waals surface area contributed by atoms with E-state index in [0.29, 0.717) is 6.54 Å². The Kier molecular flexibility index (Phi) is 6.66. The van der Waals surface area contributed by atoms with Crippen LogP contribution in [-0.4, -0.2) is 55.9 Å². The van der Waals surface area contributed by atoms with Gasteiger partial charge < -0.3 is 15.1 Å². The molecule has 6 heteroatoms. The highest BCUT2D eigenvalue weighted by molar-refractivity contribution is 7.07. The van der Waals surface area contributed by atoms with E-state index in [0.717, 1.165) is 44.7 Å². The van der Waals surface area contributed by atoms with E-state index in [9.17, 15) is 4.79 Å². The lowest BCUT2D eigenvalue weighted by Crippen LogP contribution is -2.43. The average Bonchev–Trinajstić information content (AvgIpc) is 3.22. The van der Waals surface area contributed by atoms with E-state index in [4.69, 9.17) is 4.99 Å². The minimum absolute atomic E-state index is 0.222. The summed E-state index contributed by atoms with van der Waals surface area (Å²) in [7, 11) is 5.74. The largest absolute Gasteiger partial charge is 0.357 e. The summed E-state index contributed by atoms with van der Waals surface area (Å²) < 4.78 is 0. The second-order valence-corrected chi connectivity index (χ2v) is 7.62. The van der Waals surface area contributed by atoms with Crippen LogP contribution in [0.2, 0.25) is 0 Å². The Morgan fingerprint density at radius 2 is 2.04 bits per heavy atom. The fourth-order valence-electron chi connectivity index (χ4n) is 3.39. The Balaban J connectivity index is 2.12. The van der Waals surface area contributed by atoms with Gasteiger partial charge in [-0.25, -0.2) is 0 Å². The fraction of sp³-hybridized carbons (Fsp3) is 0.667. The highest BCUT2D eigenvalue weighted by atomic mass is 32.1. The number of hydrogen-bond acceptors (Lipinski definition) is 3. The molecule has 1 fully saturated rings. The molecule has 1 aromatic heterocycles. The average molecular weight is 351 g/mol. The number of nitrogens with zero attached hydrogens (tertiary/aromatic N) is 3. The molecule has 1 aliphatic carbocycles. The van der Waals surface area contributed by atoms with Gasteiger partial charge in [-0.1, -0.05) is 12.8 Å². The van der Waals surface area contributed by atoms with Crippen LogP contribution in [0.5, 0.6) is 0 Å². The number of thiophene rings is 1. The molecule has 1 heterocycles.